The van der Waals surface area contributed by atoms with Crippen molar-refractivity contribution in [2.75, 3.05) is 11.4 Å². The number of fused-ring (bicyclic) bond motifs is 1. The third-order valence-corrected chi connectivity index (χ3v) is 5.01. The summed E-state index contributed by atoms with van der Waals surface area (Å²) in [6.45, 7) is 0.531. The van der Waals surface area contributed by atoms with Crippen LogP contribution in [0.1, 0.15) is 16.8 Å². The van der Waals surface area contributed by atoms with Crippen LogP contribution in [0.3, 0.4) is 0 Å². The lowest BCUT2D eigenvalue weighted by Gasteiger charge is -2.18. The maximum atomic E-state index is 12.8. The smallest absolute Gasteiger partial charge is 0.252 e. The van der Waals surface area contributed by atoms with Crippen molar-refractivity contribution in [3.63, 3.8) is 0 Å². The van der Waals surface area contributed by atoms with Crippen LogP contribution in [0.4, 0.5) is 5.69 Å². The van der Waals surface area contributed by atoms with Crippen LogP contribution in [0.25, 0.3) is 10.8 Å². The fourth-order valence-corrected chi connectivity index (χ4v) is 3.62. The molecule has 3 aromatic carbocycles. The third kappa shape index (κ3) is 2.93. The predicted molar refractivity (Wildman–Crippen MR) is 104 cm³/mol. The Morgan fingerprint density at radius 3 is 2.58 bits per heavy atom. The molecule has 0 spiro atoms. The molecule has 1 aliphatic rings. The molecule has 4 rings (SSSR count). The number of nitrogens with zero attached hydrogens (tertiary/aromatic N) is 1. The molecule has 1 heterocycles. The minimum atomic E-state index is -0.544. The zero-order valence-electron chi connectivity index (χ0n) is 14.0. The lowest BCUT2D eigenvalue weighted by Crippen LogP contribution is -2.41. The van der Waals surface area contributed by atoms with E-state index in [1.54, 1.807) is 17.0 Å². The standard InChI is InChI=1S/C21H17ClN2O2/c22-17-10-3-4-11-19(17)24-13-12-18(21(24)26)23-20(25)16-9-5-7-14-6-1-2-8-15(14)16/h1-11,18H,12-13H2,(H,23,25). The first-order chi connectivity index (χ1) is 12.6. The van der Waals surface area contributed by atoms with Gasteiger partial charge in [0.15, 0.2) is 0 Å². The van der Waals surface area contributed by atoms with Gasteiger partial charge in [-0.3, -0.25) is 9.59 Å². The van der Waals surface area contributed by atoms with Gasteiger partial charge in [0.2, 0.25) is 5.91 Å². The van der Waals surface area contributed by atoms with Gasteiger partial charge in [-0.15, -0.1) is 0 Å². The molecule has 1 unspecified atom stereocenters. The van der Waals surface area contributed by atoms with Gasteiger partial charge >= 0.3 is 0 Å². The zero-order valence-corrected chi connectivity index (χ0v) is 14.7. The van der Waals surface area contributed by atoms with E-state index < -0.39 is 6.04 Å². The number of halogens is 1. The van der Waals surface area contributed by atoms with E-state index in [0.29, 0.717) is 29.2 Å². The van der Waals surface area contributed by atoms with Gasteiger partial charge in [-0.05, 0) is 35.4 Å². The Balaban J connectivity index is 1.55. The van der Waals surface area contributed by atoms with Crippen LogP contribution in [-0.4, -0.2) is 24.4 Å². The van der Waals surface area contributed by atoms with E-state index in [4.69, 9.17) is 11.6 Å². The van der Waals surface area contributed by atoms with Crippen LogP contribution in [0, 0.1) is 0 Å². The van der Waals surface area contributed by atoms with E-state index in [-0.39, 0.29) is 11.8 Å². The Labute approximate surface area is 156 Å². The average molecular weight is 365 g/mol. The molecule has 0 saturated carbocycles. The first-order valence-electron chi connectivity index (χ1n) is 8.49. The number of carbonyl (C=O) groups is 2. The number of nitrogens with one attached hydrogen (secondary N) is 1. The quantitative estimate of drug-likeness (QED) is 0.762. The molecule has 4 nitrogen and oxygen atoms in total. The highest BCUT2D eigenvalue weighted by Crippen LogP contribution is 2.29. The van der Waals surface area contributed by atoms with E-state index in [1.807, 2.05) is 54.6 Å². The summed E-state index contributed by atoms with van der Waals surface area (Å²) in [7, 11) is 0. The van der Waals surface area contributed by atoms with Crippen molar-refractivity contribution in [1.29, 1.82) is 0 Å². The highest BCUT2D eigenvalue weighted by atomic mass is 35.5. The van der Waals surface area contributed by atoms with E-state index in [0.717, 1.165) is 10.8 Å². The van der Waals surface area contributed by atoms with Gasteiger partial charge in [-0.1, -0.05) is 60.1 Å². The third-order valence-electron chi connectivity index (χ3n) is 4.69. The maximum absolute atomic E-state index is 12.8. The van der Waals surface area contributed by atoms with E-state index >= 15 is 0 Å². The SMILES string of the molecule is O=C(NC1CCN(c2ccccc2Cl)C1=O)c1cccc2ccccc12. The highest BCUT2D eigenvalue weighted by Gasteiger charge is 2.34. The zero-order chi connectivity index (χ0) is 18.1. The minimum absolute atomic E-state index is 0.133. The number of hydrogen-bond acceptors (Lipinski definition) is 2. The number of rotatable bonds is 3. The molecule has 1 fully saturated rings. The molecular formula is C21H17ClN2O2. The predicted octanol–water partition coefficient (Wildman–Crippen LogP) is 4.03. The second kappa shape index (κ2) is 6.81. The molecule has 0 aliphatic carbocycles. The number of carbonyl (C=O) groups excluding carboxylic acids is 2. The molecule has 0 bridgehead atoms. The lowest BCUT2D eigenvalue weighted by molar-refractivity contribution is -0.118. The summed E-state index contributed by atoms with van der Waals surface area (Å²) in [5.41, 5.74) is 1.26. The van der Waals surface area contributed by atoms with Gasteiger partial charge in [0, 0.05) is 12.1 Å². The number of benzene rings is 3. The van der Waals surface area contributed by atoms with Crippen molar-refractivity contribution in [1.82, 2.24) is 5.32 Å². The van der Waals surface area contributed by atoms with E-state index in [1.165, 1.54) is 0 Å². The Kier molecular flexibility index (Phi) is 4.35. The summed E-state index contributed by atoms with van der Waals surface area (Å²) >= 11 is 6.20. The van der Waals surface area contributed by atoms with Crippen molar-refractivity contribution < 1.29 is 9.59 Å². The Morgan fingerprint density at radius 1 is 1.00 bits per heavy atom. The van der Waals surface area contributed by atoms with Crippen LogP contribution < -0.4 is 10.2 Å². The van der Waals surface area contributed by atoms with Gasteiger partial charge in [0.1, 0.15) is 6.04 Å². The molecule has 3 aromatic rings. The van der Waals surface area contributed by atoms with Gasteiger partial charge in [0.25, 0.3) is 5.91 Å². The van der Waals surface area contributed by atoms with Crippen molar-refractivity contribution >= 4 is 39.9 Å². The molecule has 0 aromatic heterocycles. The fourth-order valence-electron chi connectivity index (χ4n) is 3.38. The second-order valence-electron chi connectivity index (χ2n) is 6.28. The maximum Gasteiger partial charge on any atom is 0.252 e. The monoisotopic (exact) mass is 364 g/mol. The lowest BCUT2D eigenvalue weighted by atomic mass is 10.0. The molecule has 2 amide bonds. The largest absolute Gasteiger partial charge is 0.340 e. The normalized spacial score (nSPS) is 16.9. The van der Waals surface area contributed by atoms with Crippen LogP contribution in [0.5, 0.6) is 0 Å². The number of amides is 2. The molecule has 26 heavy (non-hydrogen) atoms. The molecule has 1 N–H and O–H groups in total. The fraction of sp³-hybridized carbons (Fsp3) is 0.143. The molecule has 0 radical (unpaired) electrons. The molecule has 5 heteroatoms. The van der Waals surface area contributed by atoms with Crippen molar-refractivity contribution in [3.8, 4) is 0 Å². The van der Waals surface area contributed by atoms with Gasteiger partial charge in [-0.25, -0.2) is 0 Å². The molecule has 130 valence electrons. The molecular weight excluding hydrogens is 348 g/mol. The molecule has 1 saturated heterocycles. The van der Waals surface area contributed by atoms with Crippen LogP contribution >= 0.6 is 11.6 Å². The van der Waals surface area contributed by atoms with Crippen LogP contribution in [-0.2, 0) is 4.79 Å². The van der Waals surface area contributed by atoms with Crippen molar-refractivity contribution in [3.05, 3.63) is 77.3 Å². The van der Waals surface area contributed by atoms with E-state index in [9.17, 15) is 9.59 Å². The second-order valence-corrected chi connectivity index (χ2v) is 6.69. The first kappa shape index (κ1) is 16.6. The summed E-state index contributed by atoms with van der Waals surface area (Å²) in [6, 6.07) is 20.0. The summed E-state index contributed by atoms with van der Waals surface area (Å²) in [5.74, 6) is -0.368. The number of anilines is 1. The molecule has 1 aliphatic heterocycles. The number of hydrogen-bond donors (Lipinski definition) is 1. The van der Waals surface area contributed by atoms with E-state index in [2.05, 4.69) is 5.32 Å². The number of para-hydroxylation sites is 1. The topological polar surface area (TPSA) is 49.4 Å². The summed E-state index contributed by atoms with van der Waals surface area (Å²) < 4.78 is 0. The van der Waals surface area contributed by atoms with Crippen LogP contribution in [0.2, 0.25) is 5.02 Å². The Hall–Kier alpha value is -2.85. The first-order valence-corrected chi connectivity index (χ1v) is 8.87. The Bertz CT molecular complexity index is 997. The average Bonchev–Trinajstić information content (AvgIpc) is 3.02. The summed E-state index contributed by atoms with van der Waals surface area (Å²) in [6.07, 6.45) is 0.556. The van der Waals surface area contributed by atoms with Crippen molar-refractivity contribution in [2.45, 2.75) is 12.5 Å². The van der Waals surface area contributed by atoms with Gasteiger partial charge < -0.3 is 10.2 Å². The summed E-state index contributed by atoms with van der Waals surface area (Å²) in [4.78, 5) is 27.1. The van der Waals surface area contributed by atoms with Gasteiger partial charge in [-0.2, -0.15) is 0 Å². The Morgan fingerprint density at radius 2 is 1.73 bits per heavy atom. The van der Waals surface area contributed by atoms with Crippen LogP contribution in [0.15, 0.2) is 66.7 Å². The highest BCUT2D eigenvalue weighted by molar-refractivity contribution is 6.34. The summed E-state index contributed by atoms with van der Waals surface area (Å²) in [5, 5.41) is 5.28. The minimum Gasteiger partial charge on any atom is -0.340 e. The molecule has 1 atom stereocenters. The van der Waals surface area contributed by atoms with Crippen molar-refractivity contribution in [2.24, 2.45) is 0 Å². The van der Waals surface area contributed by atoms with Gasteiger partial charge in [0.05, 0.1) is 10.7 Å².